The Morgan fingerprint density at radius 2 is 1.20 bits per heavy atom. The van der Waals surface area contributed by atoms with E-state index < -0.39 is 9.28 Å². The molecule has 0 heterocycles. The third-order valence-electron chi connectivity index (χ3n) is 4.51. The van der Waals surface area contributed by atoms with Crippen LogP contribution in [0.3, 0.4) is 0 Å². The number of benzene rings is 1. The lowest BCUT2D eigenvalue weighted by atomic mass is 10.0. The second-order valence-corrected chi connectivity index (χ2v) is 9.13. The van der Waals surface area contributed by atoms with Gasteiger partial charge in [0.2, 0.25) is 0 Å². The SMILES string of the molecule is CCCO[SiH](CCCCCCCCCCc1ccccc1)OCCC. The lowest BCUT2D eigenvalue weighted by molar-refractivity contribution is 0.195. The lowest BCUT2D eigenvalue weighted by Gasteiger charge is -2.16. The number of hydrogen-bond acceptors (Lipinski definition) is 2. The highest BCUT2D eigenvalue weighted by molar-refractivity contribution is 6.44. The van der Waals surface area contributed by atoms with Gasteiger partial charge in [-0.25, -0.2) is 0 Å². The van der Waals surface area contributed by atoms with Crippen molar-refractivity contribution in [1.29, 1.82) is 0 Å². The molecule has 1 rings (SSSR count). The van der Waals surface area contributed by atoms with Crippen LogP contribution < -0.4 is 0 Å². The summed E-state index contributed by atoms with van der Waals surface area (Å²) < 4.78 is 11.8. The topological polar surface area (TPSA) is 18.5 Å². The lowest BCUT2D eigenvalue weighted by Crippen LogP contribution is -2.23. The molecule has 0 saturated carbocycles. The Balaban J connectivity index is 1.89. The average molecular weight is 365 g/mol. The number of unbranched alkanes of at least 4 members (excludes halogenated alkanes) is 7. The molecule has 25 heavy (non-hydrogen) atoms. The van der Waals surface area contributed by atoms with Gasteiger partial charge in [-0.15, -0.1) is 0 Å². The summed E-state index contributed by atoms with van der Waals surface area (Å²) in [6.45, 7) is 6.10. The summed E-state index contributed by atoms with van der Waals surface area (Å²) in [6, 6.07) is 12.1. The average Bonchev–Trinajstić information content (AvgIpc) is 2.65. The van der Waals surface area contributed by atoms with E-state index in [4.69, 9.17) is 8.85 Å². The van der Waals surface area contributed by atoms with Gasteiger partial charge < -0.3 is 8.85 Å². The van der Waals surface area contributed by atoms with E-state index in [0.29, 0.717) is 0 Å². The van der Waals surface area contributed by atoms with E-state index in [1.165, 1.54) is 69.4 Å². The van der Waals surface area contributed by atoms with Crippen LogP contribution in [-0.2, 0) is 15.3 Å². The van der Waals surface area contributed by atoms with Gasteiger partial charge in [0, 0.05) is 13.2 Å². The Morgan fingerprint density at radius 3 is 1.76 bits per heavy atom. The van der Waals surface area contributed by atoms with Crippen molar-refractivity contribution in [3.63, 3.8) is 0 Å². The Hall–Kier alpha value is -0.643. The molecule has 0 bridgehead atoms. The smallest absolute Gasteiger partial charge is 0.321 e. The summed E-state index contributed by atoms with van der Waals surface area (Å²) in [6.07, 6.45) is 14.3. The molecule has 0 atom stereocenters. The molecule has 0 radical (unpaired) electrons. The fraction of sp³-hybridized carbons (Fsp3) is 0.727. The number of aryl methyl sites for hydroxylation is 1. The van der Waals surface area contributed by atoms with E-state index in [2.05, 4.69) is 44.2 Å². The third kappa shape index (κ3) is 13.2. The summed E-state index contributed by atoms with van der Waals surface area (Å²) in [5.41, 5.74) is 1.48. The first-order valence-electron chi connectivity index (χ1n) is 10.6. The highest BCUT2D eigenvalue weighted by Gasteiger charge is 2.12. The monoisotopic (exact) mass is 364 g/mol. The van der Waals surface area contributed by atoms with Crippen molar-refractivity contribution >= 4 is 9.28 Å². The van der Waals surface area contributed by atoms with Gasteiger partial charge in [-0.05, 0) is 37.3 Å². The van der Waals surface area contributed by atoms with Crippen LogP contribution in [0.1, 0.15) is 83.6 Å². The Labute approximate surface area is 158 Å². The molecule has 0 spiro atoms. The second kappa shape index (κ2) is 16.8. The maximum Gasteiger partial charge on any atom is 0.321 e. The molecule has 1 aromatic carbocycles. The van der Waals surface area contributed by atoms with Crippen LogP contribution in [0.15, 0.2) is 30.3 Å². The predicted molar refractivity (Wildman–Crippen MR) is 112 cm³/mol. The van der Waals surface area contributed by atoms with Crippen molar-refractivity contribution in [3.8, 4) is 0 Å². The molecule has 3 heteroatoms. The zero-order valence-corrected chi connectivity index (χ0v) is 17.8. The van der Waals surface area contributed by atoms with Gasteiger partial charge in [0.25, 0.3) is 0 Å². The molecule has 0 aliphatic carbocycles. The molecule has 0 unspecified atom stereocenters. The minimum absolute atomic E-state index is 0.879. The summed E-state index contributed by atoms with van der Waals surface area (Å²) in [7, 11) is -1.37. The first kappa shape index (κ1) is 22.4. The third-order valence-corrected chi connectivity index (χ3v) is 6.61. The minimum Gasteiger partial charge on any atom is -0.397 e. The molecule has 144 valence electrons. The van der Waals surface area contributed by atoms with Crippen LogP contribution in [0.5, 0.6) is 0 Å². The first-order valence-corrected chi connectivity index (χ1v) is 12.4. The van der Waals surface area contributed by atoms with Crippen molar-refractivity contribution in [2.45, 2.75) is 90.5 Å². The molecule has 2 nitrogen and oxygen atoms in total. The second-order valence-electron chi connectivity index (χ2n) is 7.02. The molecule has 0 aliphatic heterocycles. The molecule has 0 N–H and O–H groups in total. The fourth-order valence-electron chi connectivity index (χ4n) is 3.06. The van der Waals surface area contributed by atoms with Crippen molar-refractivity contribution in [1.82, 2.24) is 0 Å². The van der Waals surface area contributed by atoms with E-state index in [0.717, 1.165) is 26.1 Å². The number of hydrogen-bond donors (Lipinski definition) is 0. The highest BCUT2D eigenvalue weighted by Crippen LogP contribution is 2.13. The maximum absolute atomic E-state index is 5.92. The highest BCUT2D eigenvalue weighted by atomic mass is 28.3. The van der Waals surface area contributed by atoms with Crippen LogP contribution in [0.25, 0.3) is 0 Å². The Bertz CT molecular complexity index is 375. The van der Waals surface area contributed by atoms with E-state index >= 15 is 0 Å². The maximum atomic E-state index is 5.92. The molecular weight excluding hydrogens is 324 g/mol. The van der Waals surface area contributed by atoms with Gasteiger partial charge in [0.05, 0.1) is 0 Å². The number of rotatable bonds is 17. The van der Waals surface area contributed by atoms with Crippen LogP contribution in [-0.4, -0.2) is 22.5 Å². The Kier molecular flexibility index (Phi) is 15.1. The molecule has 1 aromatic rings. The van der Waals surface area contributed by atoms with Crippen LogP contribution in [0, 0.1) is 0 Å². The minimum atomic E-state index is -1.37. The van der Waals surface area contributed by atoms with Gasteiger partial charge in [-0.3, -0.25) is 0 Å². The van der Waals surface area contributed by atoms with Crippen LogP contribution in [0.2, 0.25) is 6.04 Å². The van der Waals surface area contributed by atoms with Gasteiger partial charge in [0.15, 0.2) is 0 Å². The summed E-state index contributed by atoms with van der Waals surface area (Å²) >= 11 is 0. The molecule has 0 amide bonds. The quantitative estimate of drug-likeness (QED) is 0.234. The predicted octanol–water partition coefficient (Wildman–Crippen LogP) is 6.42. The van der Waals surface area contributed by atoms with Crippen LogP contribution in [0.4, 0.5) is 0 Å². The molecule has 0 saturated heterocycles. The molecule has 0 aliphatic rings. The van der Waals surface area contributed by atoms with Crippen molar-refractivity contribution in [2.75, 3.05) is 13.2 Å². The van der Waals surface area contributed by atoms with E-state index in [9.17, 15) is 0 Å². The van der Waals surface area contributed by atoms with Gasteiger partial charge in [-0.2, -0.15) is 0 Å². The van der Waals surface area contributed by atoms with Crippen molar-refractivity contribution < 1.29 is 8.85 Å². The van der Waals surface area contributed by atoms with Gasteiger partial charge in [0.1, 0.15) is 0 Å². The van der Waals surface area contributed by atoms with Crippen molar-refractivity contribution in [2.24, 2.45) is 0 Å². The zero-order valence-electron chi connectivity index (χ0n) is 16.7. The normalized spacial score (nSPS) is 11.3. The Morgan fingerprint density at radius 1 is 0.680 bits per heavy atom. The fourth-order valence-corrected chi connectivity index (χ4v) is 5.11. The molecular formula is C22H40O2Si. The van der Waals surface area contributed by atoms with E-state index in [-0.39, 0.29) is 0 Å². The van der Waals surface area contributed by atoms with Crippen molar-refractivity contribution in [3.05, 3.63) is 35.9 Å². The largest absolute Gasteiger partial charge is 0.397 e. The first-order chi connectivity index (χ1) is 12.4. The summed E-state index contributed by atoms with van der Waals surface area (Å²) in [4.78, 5) is 0. The molecule has 0 aromatic heterocycles. The zero-order chi connectivity index (χ0) is 18.0. The van der Waals surface area contributed by atoms with Crippen LogP contribution >= 0.6 is 0 Å². The van der Waals surface area contributed by atoms with Gasteiger partial charge >= 0.3 is 9.28 Å². The molecule has 0 fully saturated rings. The summed E-state index contributed by atoms with van der Waals surface area (Å²) in [5, 5.41) is 0. The van der Waals surface area contributed by atoms with E-state index in [1.807, 2.05) is 0 Å². The van der Waals surface area contributed by atoms with Gasteiger partial charge in [-0.1, -0.05) is 89.1 Å². The summed E-state index contributed by atoms with van der Waals surface area (Å²) in [5.74, 6) is 0. The van der Waals surface area contributed by atoms with E-state index in [1.54, 1.807) is 0 Å². The standard InChI is InChI=1S/C22H40O2Si/c1-3-19-23-25(24-20-4-2)21-15-10-8-6-5-7-9-12-16-22-17-13-11-14-18-22/h11,13-14,17-18,25H,3-10,12,15-16,19-21H2,1-2H3.